The van der Waals surface area contributed by atoms with Crippen molar-refractivity contribution in [3.8, 4) is 6.07 Å². The monoisotopic (exact) mass is 209 g/mol. The van der Waals surface area contributed by atoms with Crippen LogP contribution in [-0.2, 0) is 0 Å². The van der Waals surface area contributed by atoms with Crippen LogP contribution in [0.1, 0.15) is 32.6 Å². The maximum absolute atomic E-state index is 8.65. The maximum atomic E-state index is 8.65. The average molecular weight is 209 g/mol. The second-order valence-corrected chi connectivity index (χ2v) is 4.58. The Bertz CT molecular complexity index is 201. The Morgan fingerprint density at radius 3 is 2.67 bits per heavy atom. The quantitative estimate of drug-likeness (QED) is 0.747. The van der Waals surface area contributed by atoms with Gasteiger partial charge in [-0.1, -0.05) is 0 Å². The molecule has 0 aliphatic carbocycles. The standard InChI is InChI=1S/C12H23N3/c1-11(3-7-13)15-9-5-12(6-10-15)4-8-14-2/h11-12,14H,3-6,8-10H2,1-2H3. The van der Waals surface area contributed by atoms with Crippen LogP contribution in [0.4, 0.5) is 0 Å². The molecule has 0 saturated carbocycles. The normalized spacial score (nSPS) is 21.1. The number of nitrogens with zero attached hydrogens (tertiary/aromatic N) is 2. The predicted molar refractivity (Wildman–Crippen MR) is 62.5 cm³/mol. The second-order valence-electron chi connectivity index (χ2n) is 4.58. The lowest BCUT2D eigenvalue weighted by molar-refractivity contribution is 0.139. The van der Waals surface area contributed by atoms with Gasteiger partial charge in [0.25, 0.3) is 0 Å². The molecule has 15 heavy (non-hydrogen) atoms. The summed E-state index contributed by atoms with van der Waals surface area (Å²) < 4.78 is 0. The molecule has 3 heteroatoms. The fourth-order valence-corrected chi connectivity index (χ4v) is 2.29. The highest BCUT2D eigenvalue weighted by atomic mass is 15.2. The lowest BCUT2D eigenvalue weighted by atomic mass is 9.92. The van der Waals surface area contributed by atoms with Crippen molar-refractivity contribution in [2.24, 2.45) is 5.92 Å². The van der Waals surface area contributed by atoms with Crippen molar-refractivity contribution in [1.82, 2.24) is 10.2 Å². The summed E-state index contributed by atoms with van der Waals surface area (Å²) in [7, 11) is 2.02. The van der Waals surface area contributed by atoms with Crippen molar-refractivity contribution in [1.29, 1.82) is 5.26 Å². The van der Waals surface area contributed by atoms with E-state index in [1.165, 1.54) is 32.4 Å². The van der Waals surface area contributed by atoms with Crippen molar-refractivity contribution in [2.45, 2.75) is 38.6 Å². The van der Waals surface area contributed by atoms with Crippen LogP contribution in [0.5, 0.6) is 0 Å². The van der Waals surface area contributed by atoms with E-state index >= 15 is 0 Å². The summed E-state index contributed by atoms with van der Waals surface area (Å²) in [5.74, 6) is 0.892. The molecular weight excluding hydrogens is 186 g/mol. The van der Waals surface area contributed by atoms with Crippen molar-refractivity contribution in [3.63, 3.8) is 0 Å². The van der Waals surface area contributed by atoms with Gasteiger partial charge < -0.3 is 5.32 Å². The smallest absolute Gasteiger partial charge is 0.0638 e. The van der Waals surface area contributed by atoms with E-state index in [0.717, 1.165) is 12.5 Å². The SMILES string of the molecule is CNCCC1CCN(C(C)CC#N)CC1. The zero-order chi connectivity index (χ0) is 11.1. The summed E-state index contributed by atoms with van der Waals surface area (Å²) in [4.78, 5) is 2.46. The van der Waals surface area contributed by atoms with Crippen molar-refractivity contribution in [3.05, 3.63) is 0 Å². The highest BCUT2D eigenvalue weighted by molar-refractivity contribution is 4.82. The van der Waals surface area contributed by atoms with Gasteiger partial charge in [-0.2, -0.15) is 5.26 Å². The number of nitrogens with one attached hydrogen (secondary N) is 1. The maximum Gasteiger partial charge on any atom is 0.0638 e. The van der Waals surface area contributed by atoms with Crippen LogP contribution >= 0.6 is 0 Å². The van der Waals surface area contributed by atoms with E-state index in [1.54, 1.807) is 0 Å². The first-order valence-electron chi connectivity index (χ1n) is 6.03. The molecule has 1 fully saturated rings. The Balaban J connectivity index is 2.20. The molecule has 86 valence electrons. The number of hydrogen-bond acceptors (Lipinski definition) is 3. The van der Waals surface area contributed by atoms with Crippen LogP contribution in [-0.4, -0.2) is 37.6 Å². The molecule has 1 unspecified atom stereocenters. The zero-order valence-electron chi connectivity index (χ0n) is 10.00. The van der Waals surface area contributed by atoms with E-state index in [4.69, 9.17) is 5.26 Å². The Hall–Kier alpha value is -0.590. The molecule has 1 heterocycles. The molecule has 0 aromatic carbocycles. The molecule has 0 spiro atoms. The summed E-state index contributed by atoms with van der Waals surface area (Å²) in [6.45, 7) is 5.66. The van der Waals surface area contributed by atoms with Crippen LogP contribution in [0.2, 0.25) is 0 Å². The largest absolute Gasteiger partial charge is 0.320 e. The lowest BCUT2D eigenvalue weighted by Gasteiger charge is -2.35. The molecular formula is C12H23N3. The van der Waals surface area contributed by atoms with Crippen molar-refractivity contribution in [2.75, 3.05) is 26.7 Å². The molecule has 0 bridgehead atoms. The summed E-state index contributed by atoms with van der Waals surface area (Å²) in [5, 5.41) is 11.9. The van der Waals surface area contributed by atoms with Gasteiger partial charge in [-0.3, -0.25) is 4.90 Å². The summed E-state index contributed by atoms with van der Waals surface area (Å²) in [6.07, 6.45) is 4.58. The van der Waals surface area contributed by atoms with Gasteiger partial charge in [0.05, 0.1) is 12.5 Å². The number of nitriles is 1. The molecule has 1 N–H and O–H groups in total. The average Bonchev–Trinajstić information content (AvgIpc) is 2.27. The minimum absolute atomic E-state index is 0.445. The zero-order valence-corrected chi connectivity index (χ0v) is 10.00. The van der Waals surface area contributed by atoms with Crippen molar-refractivity contribution >= 4 is 0 Å². The number of rotatable bonds is 5. The fraction of sp³-hybridized carbons (Fsp3) is 0.917. The number of likely N-dealkylation sites (tertiary alicyclic amines) is 1. The third-order valence-electron chi connectivity index (χ3n) is 3.46. The first-order chi connectivity index (χ1) is 7.27. The van der Waals surface area contributed by atoms with Gasteiger partial charge >= 0.3 is 0 Å². The molecule has 0 amide bonds. The third-order valence-corrected chi connectivity index (χ3v) is 3.46. The minimum Gasteiger partial charge on any atom is -0.320 e. The topological polar surface area (TPSA) is 39.1 Å². The van der Waals surface area contributed by atoms with E-state index in [9.17, 15) is 0 Å². The van der Waals surface area contributed by atoms with E-state index in [1.807, 2.05) is 7.05 Å². The van der Waals surface area contributed by atoms with Crippen LogP contribution in [0.15, 0.2) is 0 Å². The Labute approximate surface area is 93.5 Å². The summed E-state index contributed by atoms with van der Waals surface area (Å²) >= 11 is 0. The molecule has 1 rings (SSSR count). The van der Waals surface area contributed by atoms with Gasteiger partial charge in [-0.25, -0.2) is 0 Å². The van der Waals surface area contributed by atoms with E-state index < -0.39 is 0 Å². The van der Waals surface area contributed by atoms with Gasteiger partial charge in [-0.15, -0.1) is 0 Å². The van der Waals surface area contributed by atoms with E-state index in [2.05, 4.69) is 23.2 Å². The molecule has 1 atom stereocenters. The van der Waals surface area contributed by atoms with Crippen LogP contribution < -0.4 is 5.32 Å². The first-order valence-corrected chi connectivity index (χ1v) is 6.03. The van der Waals surface area contributed by atoms with E-state index in [-0.39, 0.29) is 0 Å². The number of hydrogen-bond donors (Lipinski definition) is 1. The van der Waals surface area contributed by atoms with Gasteiger partial charge in [0.1, 0.15) is 0 Å². The predicted octanol–water partition coefficient (Wildman–Crippen LogP) is 1.61. The molecule has 1 saturated heterocycles. The highest BCUT2D eigenvalue weighted by Crippen LogP contribution is 2.21. The summed E-state index contributed by atoms with van der Waals surface area (Å²) in [5.41, 5.74) is 0. The first kappa shape index (κ1) is 12.5. The van der Waals surface area contributed by atoms with Crippen LogP contribution in [0.25, 0.3) is 0 Å². The fourth-order valence-electron chi connectivity index (χ4n) is 2.29. The van der Waals surface area contributed by atoms with Gasteiger partial charge in [-0.05, 0) is 58.8 Å². The molecule has 1 aliphatic rings. The molecule has 0 aromatic rings. The van der Waals surface area contributed by atoms with Crippen molar-refractivity contribution < 1.29 is 0 Å². The van der Waals surface area contributed by atoms with Crippen LogP contribution in [0, 0.1) is 17.2 Å². The molecule has 0 aromatic heterocycles. The van der Waals surface area contributed by atoms with Crippen LogP contribution in [0.3, 0.4) is 0 Å². The highest BCUT2D eigenvalue weighted by Gasteiger charge is 2.21. The molecule has 3 nitrogen and oxygen atoms in total. The third kappa shape index (κ3) is 4.19. The van der Waals surface area contributed by atoms with Gasteiger partial charge in [0.2, 0.25) is 0 Å². The minimum atomic E-state index is 0.445. The molecule has 1 aliphatic heterocycles. The number of piperidine rings is 1. The Kier molecular flexibility index (Phi) is 5.67. The van der Waals surface area contributed by atoms with Gasteiger partial charge in [0, 0.05) is 6.04 Å². The van der Waals surface area contributed by atoms with E-state index in [0.29, 0.717) is 12.5 Å². The Morgan fingerprint density at radius 2 is 2.13 bits per heavy atom. The Morgan fingerprint density at radius 1 is 1.47 bits per heavy atom. The molecule has 0 radical (unpaired) electrons. The van der Waals surface area contributed by atoms with Gasteiger partial charge in [0.15, 0.2) is 0 Å². The lowest BCUT2D eigenvalue weighted by Crippen LogP contribution is -2.40. The second kappa shape index (κ2) is 6.81. The summed E-state index contributed by atoms with van der Waals surface area (Å²) in [6, 6.07) is 2.70.